The Hall–Kier alpha value is -3.12. The summed E-state index contributed by atoms with van der Waals surface area (Å²) < 4.78 is 75.7. The molecular weight excluding hydrogens is 461 g/mol. The Morgan fingerprint density at radius 1 is 1.39 bits per heavy atom. The number of nitrogens with one attached hydrogen (secondary N) is 2. The van der Waals surface area contributed by atoms with Gasteiger partial charge in [-0.2, -0.15) is 4.72 Å². The molecule has 33 heavy (non-hydrogen) atoms. The molecule has 3 heterocycles. The van der Waals surface area contributed by atoms with Crippen molar-refractivity contribution in [3.63, 3.8) is 0 Å². The first-order valence-electron chi connectivity index (χ1n) is 9.94. The van der Waals surface area contributed by atoms with Gasteiger partial charge in [-0.25, -0.2) is 21.6 Å². The fourth-order valence-corrected chi connectivity index (χ4v) is 5.32. The number of allylic oxidation sites excluding steroid dienone is 3. The Bertz CT molecular complexity index is 1260. The van der Waals surface area contributed by atoms with E-state index in [1.165, 1.54) is 30.1 Å². The second kappa shape index (κ2) is 8.34. The molecule has 8 nitrogen and oxygen atoms in total. The zero-order valence-electron chi connectivity index (χ0n) is 17.7. The molecule has 2 aromatic rings. The lowest BCUT2D eigenvalue weighted by atomic mass is 10.00. The normalized spacial score (nSPS) is 24.2. The minimum atomic E-state index is -4.12. The van der Waals surface area contributed by atoms with Crippen molar-refractivity contribution in [3.05, 3.63) is 65.4 Å². The SMILES string of the molecule is Cn1cc2c(c1C(=O)NC1=CCC(F)C(C(F)F)=C1)OC[C@](C)(c1ccccn1)NS2(=O)=O. The van der Waals surface area contributed by atoms with Crippen LogP contribution >= 0.6 is 0 Å². The van der Waals surface area contributed by atoms with E-state index in [-0.39, 0.29) is 35.1 Å². The number of fused-ring (bicyclic) bond motifs is 1. The first-order chi connectivity index (χ1) is 15.5. The van der Waals surface area contributed by atoms with Crippen LogP contribution in [-0.4, -0.2) is 43.1 Å². The molecule has 0 bridgehead atoms. The van der Waals surface area contributed by atoms with Crippen molar-refractivity contribution >= 4 is 15.9 Å². The molecule has 0 fully saturated rings. The van der Waals surface area contributed by atoms with Crippen LogP contribution in [0.25, 0.3) is 0 Å². The van der Waals surface area contributed by atoms with Crippen molar-refractivity contribution < 1.29 is 31.1 Å². The van der Waals surface area contributed by atoms with Crippen molar-refractivity contribution in [3.8, 4) is 5.75 Å². The molecule has 0 aromatic carbocycles. The third-order valence-electron chi connectivity index (χ3n) is 5.44. The number of alkyl halides is 3. The van der Waals surface area contributed by atoms with Gasteiger partial charge in [0.25, 0.3) is 12.3 Å². The summed E-state index contributed by atoms with van der Waals surface area (Å²) in [5.41, 5.74) is -1.65. The lowest BCUT2D eigenvalue weighted by Gasteiger charge is -2.27. The van der Waals surface area contributed by atoms with Gasteiger partial charge in [-0.05, 0) is 25.1 Å². The van der Waals surface area contributed by atoms with Crippen LogP contribution < -0.4 is 14.8 Å². The highest BCUT2D eigenvalue weighted by atomic mass is 32.2. The Kier molecular flexibility index (Phi) is 5.83. The van der Waals surface area contributed by atoms with Crippen molar-refractivity contribution in [2.24, 2.45) is 7.05 Å². The lowest BCUT2D eigenvalue weighted by molar-refractivity contribution is 0.0950. The molecule has 1 unspecified atom stereocenters. The van der Waals surface area contributed by atoms with E-state index in [0.29, 0.717) is 5.69 Å². The van der Waals surface area contributed by atoms with E-state index in [0.717, 1.165) is 6.08 Å². The van der Waals surface area contributed by atoms with E-state index in [9.17, 15) is 26.4 Å². The number of carbonyl (C=O) groups excluding carboxylic acids is 1. The van der Waals surface area contributed by atoms with Gasteiger partial charge in [-0.3, -0.25) is 9.78 Å². The molecule has 2 aliphatic rings. The van der Waals surface area contributed by atoms with Crippen LogP contribution in [0.1, 0.15) is 29.5 Å². The van der Waals surface area contributed by atoms with E-state index in [1.807, 2.05) is 0 Å². The Morgan fingerprint density at radius 2 is 2.15 bits per heavy atom. The van der Waals surface area contributed by atoms with Crippen LogP contribution in [0.4, 0.5) is 13.2 Å². The second-order valence-corrected chi connectivity index (χ2v) is 9.64. The minimum Gasteiger partial charge on any atom is -0.487 e. The number of aryl methyl sites for hydroxylation is 1. The van der Waals surface area contributed by atoms with Gasteiger partial charge in [0, 0.05) is 37.1 Å². The first-order valence-corrected chi connectivity index (χ1v) is 11.4. The monoisotopic (exact) mass is 482 g/mol. The molecule has 1 amide bonds. The molecule has 12 heteroatoms. The standard InChI is InChI=1S/C21H21F3N4O4S/c1-21(16-5-3-4-8-25-16)11-32-18-15(33(30,31)27-21)10-28(2)17(18)20(29)26-12-6-7-14(22)13(9-12)19(23)24/h3-6,8-10,14,19,27H,7,11H2,1-2H3,(H,26,29)/t14?,21-/m1/s1. The van der Waals surface area contributed by atoms with E-state index in [1.54, 1.807) is 25.1 Å². The van der Waals surface area contributed by atoms with Crippen LogP contribution in [0.2, 0.25) is 0 Å². The van der Waals surface area contributed by atoms with Gasteiger partial charge in [0.1, 0.15) is 23.2 Å². The average molecular weight is 482 g/mol. The topological polar surface area (TPSA) is 102 Å². The van der Waals surface area contributed by atoms with Gasteiger partial charge in [0.2, 0.25) is 10.0 Å². The zero-order valence-corrected chi connectivity index (χ0v) is 18.5. The number of hydrogen-bond donors (Lipinski definition) is 2. The molecule has 1 aliphatic carbocycles. The van der Waals surface area contributed by atoms with Gasteiger partial charge in [0.15, 0.2) is 11.4 Å². The number of hydrogen-bond acceptors (Lipinski definition) is 5. The van der Waals surface area contributed by atoms with Crippen molar-refractivity contribution in [1.82, 2.24) is 19.6 Å². The highest BCUT2D eigenvalue weighted by molar-refractivity contribution is 7.89. The molecule has 0 saturated carbocycles. The van der Waals surface area contributed by atoms with Crippen LogP contribution in [0.15, 0.2) is 58.9 Å². The summed E-state index contributed by atoms with van der Waals surface area (Å²) in [4.78, 5) is 16.9. The van der Waals surface area contributed by atoms with Gasteiger partial charge in [-0.1, -0.05) is 12.1 Å². The molecule has 2 atom stereocenters. The van der Waals surface area contributed by atoms with Gasteiger partial charge in [0.05, 0.1) is 5.69 Å². The summed E-state index contributed by atoms with van der Waals surface area (Å²) in [6.45, 7) is 1.44. The molecule has 176 valence electrons. The zero-order chi connectivity index (χ0) is 24.0. The summed E-state index contributed by atoms with van der Waals surface area (Å²) in [5.74, 6) is -0.969. The number of ether oxygens (including phenoxy) is 1. The summed E-state index contributed by atoms with van der Waals surface area (Å²) in [6.07, 6.45) is -0.231. The molecule has 4 rings (SSSR count). The second-order valence-electron chi connectivity index (χ2n) is 7.99. The predicted molar refractivity (Wildman–Crippen MR) is 112 cm³/mol. The smallest absolute Gasteiger partial charge is 0.276 e. The Balaban J connectivity index is 1.67. The van der Waals surface area contributed by atoms with E-state index >= 15 is 0 Å². The largest absolute Gasteiger partial charge is 0.487 e. The van der Waals surface area contributed by atoms with E-state index < -0.39 is 39.6 Å². The minimum absolute atomic E-state index is 0.00734. The summed E-state index contributed by atoms with van der Waals surface area (Å²) in [6, 6.07) is 5.05. The fourth-order valence-electron chi connectivity index (χ4n) is 3.76. The summed E-state index contributed by atoms with van der Waals surface area (Å²) in [5, 5.41) is 2.44. The van der Waals surface area contributed by atoms with Crippen molar-refractivity contribution in [1.29, 1.82) is 0 Å². The highest BCUT2D eigenvalue weighted by Crippen LogP contribution is 2.36. The van der Waals surface area contributed by atoms with Gasteiger partial charge >= 0.3 is 0 Å². The van der Waals surface area contributed by atoms with Gasteiger partial charge in [-0.15, -0.1) is 0 Å². The van der Waals surface area contributed by atoms with Crippen molar-refractivity contribution in [2.75, 3.05) is 6.61 Å². The number of halogens is 3. The van der Waals surface area contributed by atoms with Crippen LogP contribution in [0.3, 0.4) is 0 Å². The number of amides is 1. The highest BCUT2D eigenvalue weighted by Gasteiger charge is 2.42. The number of nitrogens with zero attached hydrogens (tertiary/aromatic N) is 2. The Morgan fingerprint density at radius 3 is 2.82 bits per heavy atom. The number of pyridine rings is 1. The molecular formula is C21H21F3N4O4S. The van der Waals surface area contributed by atoms with E-state index in [2.05, 4.69) is 15.0 Å². The van der Waals surface area contributed by atoms with Gasteiger partial charge < -0.3 is 14.6 Å². The van der Waals surface area contributed by atoms with Crippen molar-refractivity contribution in [2.45, 2.75) is 36.4 Å². The molecule has 2 N–H and O–H groups in total. The fraction of sp³-hybridized carbons (Fsp3) is 0.333. The average Bonchev–Trinajstić information content (AvgIpc) is 3.06. The predicted octanol–water partition coefficient (Wildman–Crippen LogP) is 2.55. The number of carbonyl (C=O) groups is 1. The number of aromatic nitrogens is 2. The third kappa shape index (κ3) is 4.27. The van der Waals surface area contributed by atoms with E-state index in [4.69, 9.17) is 4.74 Å². The quantitative estimate of drug-likeness (QED) is 0.698. The van der Waals surface area contributed by atoms with Crippen LogP contribution in [0, 0.1) is 0 Å². The lowest BCUT2D eigenvalue weighted by Crippen LogP contribution is -2.46. The third-order valence-corrected chi connectivity index (χ3v) is 7.03. The first kappa shape index (κ1) is 23.1. The van der Waals surface area contributed by atoms with Crippen LogP contribution in [-0.2, 0) is 22.6 Å². The molecule has 0 radical (unpaired) electrons. The maximum Gasteiger partial charge on any atom is 0.276 e. The summed E-state index contributed by atoms with van der Waals surface area (Å²) >= 11 is 0. The maximum absolute atomic E-state index is 13.7. The molecule has 0 spiro atoms. The number of rotatable bonds is 4. The maximum atomic E-state index is 13.7. The number of sulfonamides is 1. The molecule has 1 aliphatic heterocycles. The Labute approximate surface area is 188 Å². The van der Waals surface area contributed by atoms with Crippen LogP contribution in [0.5, 0.6) is 5.75 Å². The molecule has 0 saturated heterocycles. The summed E-state index contributed by atoms with van der Waals surface area (Å²) in [7, 11) is -2.67. The molecule has 2 aromatic heterocycles.